The summed E-state index contributed by atoms with van der Waals surface area (Å²) in [6.07, 6.45) is 1.84. The highest BCUT2D eigenvalue weighted by atomic mass is 32.2. The molecule has 1 heterocycles. The maximum Gasteiger partial charge on any atom is 0.239 e. The zero-order valence-electron chi connectivity index (χ0n) is 15.1. The van der Waals surface area contributed by atoms with E-state index in [0.717, 1.165) is 5.56 Å². The van der Waals surface area contributed by atoms with Crippen LogP contribution in [0.25, 0.3) is 0 Å². The molecule has 0 unspecified atom stereocenters. The minimum Gasteiger partial charge on any atom is -0.350 e. The van der Waals surface area contributed by atoms with Gasteiger partial charge in [0, 0.05) is 19.6 Å². The topological polar surface area (TPSA) is 95.6 Å². The van der Waals surface area contributed by atoms with E-state index in [1.54, 1.807) is 0 Å². The summed E-state index contributed by atoms with van der Waals surface area (Å²) in [4.78, 5) is 24.2. The van der Waals surface area contributed by atoms with Crippen molar-refractivity contribution in [2.24, 2.45) is 5.92 Å². The maximum atomic E-state index is 12.3. The number of sulfonamides is 1. The van der Waals surface area contributed by atoms with Crippen molar-refractivity contribution in [2.45, 2.75) is 32.7 Å². The summed E-state index contributed by atoms with van der Waals surface area (Å²) < 4.78 is 25.7. The molecule has 1 atom stereocenters. The standard InChI is InChI=1S/C18H27N3O4S/c1-2-11-26(24,25)21-10-6-9-16(14-21)18(23)20-13-17(22)19-12-15-7-4-3-5-8-15/h3-5,7-8,16H,2,6,9-14H2,1H3,(H,19,22)(H,20,23)/t16-/m0/s1. The molecule has 1 aliphatic heterocycles. The second kappa shape index (κ2) is 9.68. The Morgan fingerprint density at radius 1 is 1.19 bits per heavy atom. The first-order chi connectivity index (χ1) is 12.4. The van der Waals surface area contributed by atoms with Crippen LogP contribution in [0.5, 0.6) is 0 Å². The predicted octanol–water partition coefficient (Wildman–Crippen LogP) is 0.871. The molecule has 1 aromatic rings. The number of hydrogen-bond acceptors (Lipinski definition) is 4. The first kappa shape index (κ1) is 20.4. The Bertz CT molecular complexity index is 706. The van der Waals surface area contributed by atoms with Crippen LogP contribution in [0.3, 0.4) is 0 Å². The Hall–Kier alpha value is -1.93. The Labute approximate surface area is 155 Å². The van der Waals surface area contributed by atoms with Gasteiger partial charge in [-0.15, -0.1) is 0 Å². The summed E-state index contributed by atoms with van der Waals surface area (Å²) in [5, 5.41) is 5.37. The number of carbonyl (C=O) groups excluding carboxylic acids is 2. The van der Waals surface area contributed by atoms with Crippen molar-refractivity contribution >= 4 is 21.8 Å². The van der Waals surface area contributed by atoms with Crippen molar-refractivity contribution < 1.29 is 18.0 Å². The van der Waals surface area contributed by atoms with Gasteiger partial charge in [-0.1, -0.05) is 37.3 Å². The lowest BCUT2D eigenvalue weighted by Crippen LogP contribution is -2.47. The fourth-order valence-corrected chi connectivity index (χ4v) is 4.56. The molecule has 26 heavy (non-hydrogen) atoms. The highest BCUT2D eigenvalue weighted by Gasteiger charge is 2.31. The van der Waals surface area contributed by atoms with Crippen LogP contribution in [-0.4, -0.2) is 49.9 Å². The van der Waals surface area contributed by atoms with Crippen molar-refractivity contribution in [3.63, 3.8) is 0 Å². The van der Waals surface area contributed by atoms with Crippen LogP contribution >= 0.6 is 0 Å². The molecule has 0 bridgehead atoms. The molecule has 1 saturated heterocycles. The van der Waals surface area contributed by atoms with Gasteiger partial charge in [0.25, 0.3) is 0 Å². The SMILES string of the molecule is CCCS(=O)(=O)N1CCC[C@H](C(=O)NCC(=O)NCc2ccccc2)C1. The van der Waals surface area contributed by atoms with Crippen LogP contribution in [0, 0.1) is 5.92 Å². The molecule has 0 aliphatic carbocycles. The van der Waals surface area contributed by atoms with Gasteiger partial charge in [-0.2, -0.15) is 0 Å². The van der Waals surface area contributed by atoms with Crippen molar-refractivity contribution in [2.75, 3.05) is 25.4 Å². The summed E-state index contributed by atoms with van der Waals surface area (Å²) in [6.45, 7) is 2.77. The number of benzene rings is 1. The number of nitrogens with zero attached hydrogens (tertiary/aromatic N) is 1. The van der Waals surface area contributed by atoms with Gasteiger partial charge in [0.1, 0.15) is 0 Å². The molecular weight excluding hydrogens is 354 g/mol. The van der Waals surface area contributed by atoms with Crippen molar-refractivity contribution in [3.05, 3.63) is 35.9 Å². The second-order valence-corrected chi connectivity index (χ2v) is 8.58. The van der Waals surface area contributed by atoms with Crippen LogP contribution in [0.2, 0.25) is 0 Å². The van der Waals surface area contributed by atoms with E-state index in [0.29, 0.717) is 32.4 Å². The highest BCUT2D eigenvalue weighted by molar-refractivity contribution is 7.89. The minimum atomic E-state index is -3.30. The summed E-state index contributed by atoms with van der Waals surface area (Å²) in [6, 6.07) is 9.51. The van der Waals surface area contributed by atoms with E-state index < -0.39 is 15.9 Å². The third kappa shape index (κ3) is 6.10. The first-order valence-electron chi connectivity index (χ1n) is 8.98. The van der Waals surface area contributed by atoms with Gasteiger partial charge in [-0.05, 0) is 24.8 Å². The van der Waals surface area contributed by atoms with E-state index in [-0.39, 0.29) is 30.7 Å². The van der Waals surface area contributed by atoms with Gasteiger partial charge >= 0.3 is 0 Å². The van der Waals surface area contributed by atoms with Crippen LogP contribution < -0.4 is 10.6 Å². The van der Waals surface area contributed by atoms with Gasteiger partial charge in [0.15, 0.2) is 0 Å². The van der Waals surface area contributed by atoms with E-state index >= 15 is 0 Å². The number of carbonyl (C=O) groups is 2. The summed E-state index contributed by atoms with van der Waals surface area (Å²) in [5.74, 6) is -0.842. The quantitative estimate of drug-likeness (QED) is 0.698. The van der Waals surface area contributed by atoms with Crippen molar-refractivity contribution in [1.82, 2.24) is 14.9 Å². The highest BCUT2D eigenvalue weighted by Crippen LogP contribution is 2.20. The second-order valence-electron chi connectivity index (χ2n) is 6.49. The third-order valence-electron chi connectivity index (χ3n) is 4.37. The number of amides is 2. The monoisotopic (exact) mass is 381 g/mol. The lowest BCUT2D eigenvalue weighted by molar-refractivity contribution is -0.129. The average Bonchev–Trinajstić information content (AvgIpc) is 2.65. The molecule has 1 fully saturated rings. The molecule has 144 valence electrons. The number of rotatable bonds is 8. The number of nitrogens with one attached hydrogen (secondary N) is 2. The van der Waals surface area contributed by atoms with E-state index in [9.17, 15) is 18.0 Å². The number of hydrogen-bond donors (Lipinski definition) is 2. The fraction of sp³-hybridized carbons (Fsp3) is 0.556. The molecule has 1 aromatic carbocycles. The molecule has 1 aliphatic rings. The van der Waals surface area contributed by atoms with Gasteiger partial charge in [0.05, 0.1) is 18.2 Å². The lowest BCUT2D eigenvalue weighted by Gasteiger charge is -2.31. The Balaban J connectivity index is 1.77. The molecule has 8 heteroatoms. The molecule has 0 spiro atoms. The largest absolute Gasteiger partial charge is 0.350 e. The summed E-state index contributed by atoms with van der Waals surface area (Å²) in [7, 11) is -3.30. The molecule has 0 saturated carbocycles. The van der Waals surface area contributed by atoms with Crippen LogP contribution in [-0.2, 0) is 26.2 Å². The molecule has 0 radical (unpaired) electrons. The van der Waals surface area contributed by atoms with E-state index in [1.165, 1.54) is 4.31 Å². The van der Waals surface area contributed by atoms with Gasteiger partial charge in [-0.25, -0.2) is 12.7 Å². The van der Waals surface area contributed by atoms with E-state index in [2.05, 4.69) is 10.6 Å². The minimum absolute atomic E-state index is 0.100. The molecule has 7 nitrogen and oxygen atoms in total. The van der Waals surface area contributed by atoms with Gasteiger partial charge in [-0.3, -0.25) is 9.59 Å². The Morgan fingerprint density at radius 2 is 1.92 bits per heavy atom. The molecular formula is C18H27N3O4S. The summed E-state index contributed by atoms with van der Waals surface area (Å²) >= 11 is 0. The first-order valence-corrected chi connectivity index (χ1v) is 10.6. The van der Waals surface area contributed by atoms with Crippen molar-refractivity contribution in [3.8, 4) is 0 Å². The smallest absolute Gasteiger partial charge is 0.239 e. The van der Waals surface area contributed by atoms with Crippen LogP contribution in [0.4, 0.5) is 0 Å². The third-order valence-corrected chi connectivity index (χ3v) is 6.41. The van der Waals surface area contributed by atoms with Gasteiger partial charge < -0.3 is 10.6 Å². The van der Waals surface area contributed by atoms with E-state index in [1.807, 2.05) is 37.3 Å². The van der Waals surface area contributed by atoms with Crippen molar-refractivity contribution in [1.29, 1.82) is 0 Å². The zero-order valence-corrected chi connectivity index (χ0v) is 15.9. The Morgan fingerprint density at radius 3 is 2.62 bits per heavy atom. The Kier molecular flexibility index (Phi) is 7.59. The lowest BCUT2D eigenvalue weighted by atomic mass is 9.99. The zero-order chi connectivity index (χ0) is 19.0. The predicted molar refractivity (Wildman–Crippen MR) is 99.7 cm³/mol. The molecule has 2 N–H and O–H groups in total. The number of piperidine rings is 1. The van der Waals surface area contributed by atoms with Crippen LogP contribution in [0.15, 0.2) is 30.3 Å². The van der Waals surface area contributed by atoms with E-state index in [4.69, 9.17) is 0 Å². The van der Waals surface area contributed by atoms with Crippen LogP contribution in [0.1, 0.15) is 31.7 Å². The van der Waals surface area contributed by atoms with Gasteiger partial charge in [0.2, 0.25) is 21.8 Å². The molecule has 2 rings (SSSR count). The summed E-state index contributed by atoms with van der Waals surface area (Å²) in [5.41, 5.74) is 0.983. The normalized spacial score (nSPS) is 18.3. The maximum absolute atomic E-state index is 12.3. The average molecular weight is 381 g/mol. The molecule has 2 amide bonds. The molecule has 0 aromatic heterocycles. The fourth-order valence-electron chi connectivity index (χ4n) is 2.97.